The van der Waals surface area contributed by atoms with E-state index in [0.29, 0.717) is 79.1 Å². The largest absolute Gasteiger partial charge is 0.542 e. The average molecular weight is 1230 g/mol. The minimum atomic E-state index is -5.19. The number of carboxylic acids is 1. The first kappa shape index (κ1) is 67.9. The van der Waals surface area contributed by atoms with Gasteiger partial charge in [-0.05, 0) is 132 Å². The second-order valence-electron chi connectivity index (χ2n) is 21.0. The highest BCUT2D eigenvalue weighted by molar-refractivity contribution is 6.07. The predicted molar refractivity (Wildman–Crippen MR) is 314 cm³/mol. The molecular formula is C67H65F5N6O11. The van der Waals surface area contributed by atoms with E-state index in [1.165, 1.54) is 24.3 Å². The van der Waals surface area contributed by atoms with Gasteiger partial charge in [0.25, 0.3) is 17.7 Å². The van der Waals surface area contributed by atoms with E-state index in [1.54, 1.807) is 97.5 Å². The van der Waals surface area contributed by atoms with Gasteiger partial charge < -0.3 is 40.0 Å². The third-order valence-corrected chi connectivity index (χ3v) is 13.6. The van der Waals surface area contributed by atoms with Crippen LogP contribution in [0.1, 0.15) is 122 Å². The topological polar surface area (TPSA) is 251 Å². The van der Waals surface area contributed by atoms with Crippen LogP contribution in [-0.4, -0.2) is 64.7 Å². The smallest absolute Gasteiger partial charge is 0.430 e. The standard InChI is InChI=1S/C30H28FN3O3.C15H15FNO.C13H11NO3.C7H11NO2.C2HF3O2/c1-18(2)27-28-26(30(36)34-27)25(16-23(33-28)14-7-19-5-12-22(31)13-6-19)20-8-10-21(11-9-20)29(35)32-17-24-4-3-15-37-24;16-14-7-4-13(5-8-14)6-9-15(18)12-17-10-2-1-3-11-17;15-9-10-3-5-11(6-4-10)13(16)14-8-12-2-1-7-17-12;1-4(2)7-5(9)3-6(10)8-7;3-2(4,5)1(6)7/h3-6,8-13,15-16,18,27H,7,14,17H2,1-2H3,(H,32,35)(H,34,36);1-5,7-8,10-11H,6,9,12H2;1-7,9H,8H2,(H,14,16);4,7H,3H2,1-2H3,(H,8,10);(H,6,7)/q;+1;;;/p-1. The number of carbonyl (C=O) groups is 8. The lowest BCUT2D eigenvalue weighted by molar-refractivity contribution is -0.684. The van der Waals surface area contributed by atoms with Gasteiger partial charge in [0.15, 0.2) is 24.0 Å². The van der Waals surface area contributed by atoms with E-state index < -0.39 is 12.1 Å². The number of pyridine rings is 2. The number of fused-ring (bicyclic) bond motifs is 1. The number of Topliss-reactive ketones (excluding diaryl/α,β-unsaturated/α-hetero) is 2. The lowest BCUT2D eigenvalue weighted by Crippen LogP contribution is -2.37. The molecule has 2 aliphatic heterocycles. The Hall–Kier alpha value is -10.3. The van der Waals surface area contributed by atoms with Crippen molar-refractivity contribution in [3.05, 3.63) is 238 Å². The number of nitrogens with zero attached hydrogens (tertiary/aromatic N) is 2. The van der Waals surface area contributed by atoms with Crippen LogP contribution in [0.2, 0.25) is 0 Å². The van der Waals surface area contributed by atoms with Gasteiger partial charge in [-0.3, -0.25) is 38.5 Å². The Morgan fingerprint density at radius 1 is 0.674 bits per heavy atom. The van der Waals surface area contributed by atoms with E-state index in [1.807, 2.05) is 67.2 Å². The molecule has 10 rings (SSSR count). The molecule has 2 aliphatic rings. The van der Waals surface area contributed by atoms with Gasteiger partial charge in [-0.2, -0.15) is 17.7 Å². The molecule has 1 saturated heterocycles. The number of benzene rings is 4. The number of aromatic nitrogens is 2. The number of nitrogens with one attached hydrogen (secondary N) is 4. The molecular weight excluding hydrogens is 1160 g/mol. The number of ketones is 2. The maximum Gasteiger partial charge on any atom is 0.430 e. The number of rotatable bonds is 18. The second kappa shape index (κ2) is 33.0. The first-order chi connectivity index (χ1) is 42.5. The molecule has 464 valence electrons. The zero-order valence-corrected chi connectivity index (χ0v) is 49.0. The zero-order chi connectivity index (χ0) is 64.6. The summed E-state index contributed by atoms with van der Waals surface area (Å²) < 4.78 is 69.8. The SMILES string of the molecule is CC(C)C1NC(=O)CC1=O.CC(C)C1NC(=O)c2c(-c3ccc(C(=O)NCc4ccco4)cc3)cc(CCc3ccc(F)cc3)nc21.O=C(CCc1ccc(F)cc1)C[n+]1ccccc1.O=C([O-])C(F)(F)F.O=Cc1ccc(C(=O)NCc2ccco2)cc1. The first-order valence-corrected chi connectivity index (χ1v) is 28.1. The van der Waals surface area contributed by atoms with Crippen LogP contribution >= 0.6 is 0 Å². The molecule has 0 spiro atoms. The Morgan fingerprint density at radius 3 is 1.62 bits per heavy atom. The number of carboxylic acid groups (broad SMARTS) is 1. The summed E-state index contributed by atoms with van der Waals surface area (Å²) in [5.74, 6) is -2.21. The lowest BCUT2D eigenvalue weighted by Gasteiger charge is -2.16. The van der Waals surface area contributed by atoms with Gasteiger partial charge in [-0.1, -0.05) is 82.3 Å². The molecule has 8 aromatic rings. The number of halogens is 5. The number of carbonyl (C=O) groups excluding carboxylic acids is 8. The first-order valence-electron chi connectivity index (χ1n) is 28.1. The Labute approximate surface area is 509 Å². The summed E-state index contributed by atoms with van der Waals surface area (Å²) >= 11 is 0. The molecule has 22 heteroatoms. The van der Waals surface area contributed by atoms with Gasteiger partial charge in [-0.15, -0.1) is 0 Å². The maximum atomic E-state index is 13.3. The number of hydrogen-bond donors (Lipinski definition) is 4. The zero-order valence-electron chi connectivity index (χ0n) is 49.0. The third-order valence-electron chi connectivity index (χ3n) is 13.6. The summed E-state index contributed by atoms with van der Waals surface area (Å²) in [5, 5.41) is 20.0. The lowest BCUT2D eigenvalue weighted by atomic mass is 9.93. The second-order valence-corrected chi connectivity index (χ2v) is 21.0. The number of hydrogen-bond acceptors (Lipinski definition) is 12. The summed E-state index contributed by atoms with van der Waals surface area (Å²) in [6.07, 6.45) is 4.98. The molecule has 2 unspecified atom stereocenters. The van der Waals surface area contributed by atoms with Crippen molar-refractivity contribution < 1.29 is 78.8 Å². The molecule has 4 aromatic heterocycles. The minimum absolute atomic E-state index is 0.0278. The van der Waals surface area contributed by atoms with Crippen molar-refractivity contribution in [1.82, 2.24) is 26.3 Å². The molecule has 0 bridgehead atoms. The van der Waals surface area contributed by atoms with Crippen LogP contribution < -0.4 is 30.9 Å². The number of aliphatic carboxylic acids is 1. The molecule has 4 aromatic carbocycles. The fourth-order valence-electron chi connectivity index (χ4n) is 8.88. The molecule has 0 saturated carbocycles. The highest BCUT2D eigenvalue weighted by Crippen LogP contribution is 2.37. The number of furan rings is 2. The van der Waals surface area contributed by atoms with Crippen LogP contribution in [0.25, 0.3) is 11.1 Å². The molecule has 0 radical (unpaired) electrons. The third kappa shape index (κ3) is 21.6. The Morgan fingerprint density at radius 2 is 1.18 bits per heavy atom. The normalized spacial score (nSPS) is 13.8. The van der Waals surface area contributed by atoms with E-state index in [2.05, 4.69) is 35.1 Å². The van der Waals surface area contributed by atoms with Crippen LogP contribution in [0.4, 0.5) is 22.0 Å². The van der Waals surface area contributed by atoms with Crippen LogP contribution in [-0.2, 0) is 58.1 Å². The summed E-state index contributed by atoms with van der Waals surface area (Å²) in [5.41, 5.74) is 7.42. The van der Waals surface area contributed by atoms with Crippen LogP contribution in [0.15, 0.2) is 179 Å². The van der Waals surface area contributed by atoms with Gasteiger partial charge in [-0.25, -0.2) is 8.78 Å². The van der Waals surface area contributed by atoms with E-state index in [0.717, 1.165) is 39.9 Å². The fourth-order valence-corrected chi connectivity index (χ4v) is 8.88. The average Bonchev–Trinajstić information content (AvgIpc) is 1.73. The van der Waals surface area contributed by atoms with Crippen molar-refractivity contribution in [2.45, 2.75) is 97.7 Å². The van der Waals surface area contributed by atoms with Crippen molar-refractivity contribution in [3.8, 4) is 11.1 Å². The predicted octanol–water partition coefficient (Wildman–Crippen LogP) is 9.37. The number of amides is 4. The molecule has 2 atom stereocenters. The molecule has 6 heterocycles. The molecule has 0 aliphatic carbocycles. The fraction of sp³-hybridized carbons (Fsp3) is 0.254. The van der Waals surface area contributed by atoms with E-state index in [9.17, 15) is 55.5 Å². The van der Waals surface area contributed by atoms with E-state index >= 15 is 0 Å². The molecule has 4 amide bonds. The molecule has 1 fully saturated rings. The Kier molecular flexibility index (Phi) is 25.2. The van der Waals surface area contributed by atoms with E-state index in [-0.39, 0.29) is 77.2 Å². The summed E-state index contributed by atoms with van der Waals surface area (Å²) in [7, 11) is 0. The van der Waals surface area contributed by atoms with Crippen LogP contribution in [0.3, 0.4) is 0 Å². The highest BCUT2D eigenvalue weighted by atomic mass is 19.4. The van der Waals surface area contributed by atoms with Crippen molar-refractivity contribution in [3.63, 3.8) is 0 Å². The number of alkyl halides is 3. The summed E-state index contributed by atoms with van der Waals surface area (Å²) in [4.78, 5) is 94.8. The van der Waals surface area contributed by atoms with Crippen molar-refractivity contribution in [2.24, 2.45) is 11.8 Å². The number of aldehydes is 1. The van der Waals surface area contributed by atoms with Gasteiger partial charge >= 0.3 is 6.18 Å². The summed E-state index contributed by atoms with van der Waals surface area (Å²) in [6.45, 7) is 9.01. The quantitative estimate of drug-likeness (QED) is 0.0271. The molecule has 17 nitrogen and oxygen atoms in total. The Balaban J connectivity index is 0.000000202. The highest BCUT2D eigenvalue weighted by Gasteiger charge is 2.36. The summed E-state index contributed by atoms with van der Waals surface area (Å²) in [6, 6.07) is 40.8. The van der Waals surface area contributed by atoms with Crippen molar-refractivity contribution in [2.75, 3.05) is 0 Å². The van der Waals surface area contributed by atoms with Crippen molar-refractivity contribution >= 4 is 47.5 Å². The number of aryl methyl sites for hydroxylation is 3. The molecule has 89 heavy (non-hydrogen) atoms. The van der Waals surface area contributed by atoms with Crippen molar-refractivity contribution in [1.29, 1.82) is 0 Å². The van der Waals surface area contributed by atoms with E-state index in [4.69, 9.17) is 23.7 Å². The minimum Gasteiger partial charge on any atom is -0.542 e. The van der Waals surface area contributed by atoms with Gasteiger partial charge in [0.1, 0.15) is 35.4 Å². The van der Waals surface area contributed by atoms with Gasteiger partial charge in [0.05, 0.1) is 55.4 Å². The Bertz CT molecular complexity index is 3640. The molecule has 4 N–H and O–H groups in total. The van der Waals surface area contributed by atoms with Crippen LogP contribution in [0, 0.1) is 23.5 Å². The van der Waals surface area contributed by atoms with Crippen LogP contribution in [0.5, 0.6) is 0 Å². The monoisotopic (exact) mass is 1220 g/mol. The van der Waals surface area contributed by atoms with Gasteiger partial charge in [0, 0.05) is 40.9 Å². The maximum absolute atomic E-state index is 13.3. The van der Waals surface area contributed by atoms with Gasteiger partial charge in [0.2, 0.25) is 12.5 Å².